The molecule has 0 unspecified atom stereocenters. The second-order valence-electron chi connectivity index (χ2n) is 5.60. The molecule has 0 aliphatic heterocycles. The van der Waals surface area contributed by atoms with Crippen LogP contribution in [0.4, 0.5) is 11.4 Å². The highest BCUT2D eigenvalue weighted by molar-refractivity contribution is 5.92. The molecule has 0 aromatic heterocycles. The molecule has 2 aromatic rings. The van der Waals surface area contributed by atoms with Crippen LogP contribution < -0.4 is 24.4 Å². The number of rotatable bonds is 9. The number of benzene rings is 2. The maximum Gasteiger partial charge on any atom is 0.262 e. The van der Waals surface area contributed by atoms with Crippen LogP contribution >= 0.6 is 0 Å². The van der Waals surface area contributed by atoms with Crippen LogP contribution in [-0.2, 0) is 4.79 Å². The van der Waals surface area contributed by atoms with Crippen molar-refractivity contribution in [2.75, 3.05) is 44.1 Å². The van der Waals surface area contributed by atoms with Gasteiger partial charge in [-0.3, -0.25) is 4.79 Å². The lowest BCUT2D eigenvalue weighted by atomic mass is 10.2. The number of nitrogens with zero attached hydrogens (tertiary/aromatic N) is 1. The zero-order valence-electron chi connectivity index (χ0n) is 15.7. The van der Waals surface area contributed by atoms with E-state index in [0.29, 0.717) is 17.2 Å². The molecule has 0 heterocycles. The zero-order valence-corrected chi connectivity index (χ0v) is 15.7. The summed E-state index contributed by atoms with van der Waals surface area (Å²) in [6.45, 7) is 6.02. The predicted molar refractivity (Wildman–Crippen MR) is 104 cm³/mol. The average Bonchev–Trinajstić information content (AvgIpc) is 2.68. The summed E-state index contributed by atoms with van der Waals surface area (Å²) in [6.07, 6.45) is 0. The fourth-order valence-electron chi connectivity index (χ4n) is 2.55. The molecule has 26 heavy (non-hydrogen) atoms. The smallest absolute Gasteiger partial charge is 0.262 e. The van der Waals surface area contributed by atoms with E-state index in [1.807, 2.05) is 24.3 Å². The van der Waals surface area contributed by atoms with Gasteiger partial charge in [0.15, 0.2) is 6.61 Å². The molecule has 0 radical (unpaired) electrons. The Balaban J connectivity index is 1.93. The van der Waals surface area contributed by atoms with E-state index >= 15 is 0 Å². The first kappa shape index (κ1) is 19.4. The second kappa shape index (κ2) is 9.56. The Bertz CT molecular complexity index is 690. The topological polar surface area (TPSA) is 60.0 Å². The van der Waals surface area contributed by atoms with Crippen molar-refractivity contribution in [1.29, 1.82) is 0 Å². The molecule has 0 spiro atoms. The van der Waals surface area contributed by atoms with Gasteiger partial charge in [0.25, 0.3) is 5.91 Å². The Morgan fingerprint density at radius 1 is 0.923 bits per heavy atom. The highest BCUT2D eigenvalue weighted by Crippen LogP contribution is 2.27. The van der Waals surface area contributed by atoms with Crippen LogP contribution in [0.1, 0.15) is 13.8 Å². The fourth-order valence-corrected chi connectivity index (χ4v) is 2.55. The lowest BCUT2D eigenvalue weighted by Gasteiger charge is -2.21. The highest BCUT2D eigenvalue weighted by atomic mass is 16.5. The number of hydrogen-bond donors (Lipinski definition) is 1. The largest absolute Gasteiger partial charge is 0.496 e. The van der Waals surface area contributed by atoms with Gasteiger partial charge >= 0.3 is 0 Å². The first-order valence-corrected chi connectivity index (χ1v) is 8.60. The van der Waals surface area contributed by atoms with Gasteiger partial charge < -0.3 is 24.4 Å². The molecule has 0 aliphatic rings. The summed E-state index contributed by atoms with van der Waals surface area (Å²) >= 11 is 0. The lowest BCUT2D eigenvalue weighted by molar-refractivity contribution is -0.118. The Labute approximate surface area is 154 Å². The number of ether oxygens (including phenoxy) is 3. The van der Waals surface area contributed by atoms with Crippen LogP contribution in [0.5, 0.6) is 17.2 Å². The predicted octanol–water partition coefficient (Wildman–Crippen LogP) is 3.57. The van der Waals surface area contributed by atoms with E-state index in [-0.39, 0.29) is 12.5 Å². The van der Waals surface area contributed by atoms with Crippen LogP contribution in [0.25, 0.3) is 0 Å². The Kier molecular flexibility index (Phi) is 7.14. The van der Waals surface area contributed by atoms with Crippen molar-refractivity contribution in [2.45, 2.75) is 13.8 Å². The normalized spacial score (nSPS) is 10.2. The standard InChI is InChI=1S/C20H26N2O4/c1-5-22(6-2)16-9-7-15(8-10-16)21-20(23)14-26-19-12-17(24-3)11-18(13-19)25-4/h7-13H,5-6,14H2,1-4H3,(H,21,23). The number of anilines is 2. The summed E-state index contributed by atoms with van der Waals surface area (Å²) in [5.74, 6) is 1.48. The minimum absolute atomic E-state index is 0.103. The Morgan fingerprint density at radius 3 is 1.96 bits per heavy atom. The van der Waals surface area contributed by atoms with Gasteiger partial charge in [-0.15, -0.1) is 0 Å². The van der Waals surface area contributed by atoms with Crippen molar-refractivity contribution in [1.82, 2.24) is 0 Å². The molecule has 6 nitrogen and oxygen atoms in total. The van der Waals surface area contributed by atoms with Gasteiger partial charge in [-0.05, 0) is 38.1 Å². The Morgan fingerprint density at radius 2 is 1.46 bits per heavy atom. The van der Waals surface area contributed by atoms with E-state index in [4.69, 9.17) is 14.2 Å². The van der Waals surface area contributed by atoms with E-state index in [1.165, 1.54) is 0 Å². The number of hydrogen-bond acceptors (Lipinski definition) is 5. The summed E-state index contributed by atoms with van der Waals surface area (Å²) in [7, 11) is 3.13. The minimum atomic E-state index is -0.234. The van der Waals surface area contributed by atoms with Gasteiger partial charge in [0.2, 0.25) is 0 Å². The van der Waals surface area contributed by atoms with E-state index < -0.39 is 0 Å². The average molecular weight is 358 g/mol. The molecule has 0 saturated carbocycles. The van der Waals surface area contributed by atoms with Crippen LogP contribution in [0.3, 0.4) is 0 Å². The Hall–Kier alpha value is -2.89. The van der Waals surface area contributed by atoms with Crippen molar-refractivity contribution in [2.24, 2.45) is 0 Å². The van der Waals surface area contributed by atoms with Gasteiger partial charge in [-0.1, -0.05) is 0 Å². The molecule has 2 aromatic carbocycles. The van der Waals surface area contributed by atoms with Crippen molar-refractivity contribution in [3.8, 4) is 17.2 Å². The number of carbonyl (C=O) groups excluding carboxylic acids is 1. The SMILES string of the molecule is CCN(CC)c1ccc(NC(=O)COc2cc(OC)cc(OC)c2)cc1. The van der Waals surface area contributed by atoms with Crippen LogP contribution in [0.15, 0.2) is 42.5 Å². The van der Waals surface area contributed by atoms with E-state index in [2.05, 4.69) is 24.1 Å². The molecular weight excluding hydrogens is 332 g/mol. The summed E-state index contributed by atoms with van der Waals surface area (Å²) in [4.78, 5) is 14.4. The summed E-state index contributed by atoms with van der Waals surface area (Å²) in [5.41, 5.74) is 1.87. The molecule has 0 aliphatic carbocycles. The van der Waals surface area contributed by atoms with Gasteiger partial charge in [0.1, 0.15) is 17.2 Å². The lowest BCUT2D eigenvalue weighted by Crippen LogP contribution is -2.22. The monoisotopic (exact) mass is 358 g/mol. The maximum absolute atomic E-state index is 12.1. The van der Waals surface area contributed by atoms with Crippen molar-refractivity contribution >= 4 is 17.3 Å². The first-order valence-electron chi connectivity index (χ1n) is 8.60. The fraction of sp³-hybridized carbons (Fsp3) is 0.350. The number of methoxy groups -OCH3 is 2. The molecule has 140 valence electrons. The number of carbonyl (C=O) groups is 1. The summed E-state index contributed by atoms with van der Waals surface area (Å²) < 4.78 is 15.9. The van der Waals surface area contributed by atoms with Gasteiger partial charge in [-0.2, -0.15) is 0 Å². The molecule has 0 atom stereocenters. The molecule has 0 saturated heterocycles. The van der Waals surface area contributed by atoms with Crippen LogP contribution in [0.2, 0.25) is 0 Å². The maximum atomic E-state index is 12.1. The quantitative estimate of drug-likeness (QED) is 0.743. The van der Waals surface area contributed by atoms with E-state index in [9.17, 15) is 4.79 Å². The van der Waals surface area contributed by atoms with Crippen LogP contribution in [-0.4, -0.2) is 39.8 Å². The van der Waals surface area contributed by atoms with Crippen molar-refractivity contribution < 1.29 is 19.0 Å². The van der Waals surface area contributed by atoms with Gasteiger partial charge in [-0.25, -0.2) is 0 Å². The number of amides is 1. The molecule has 6 heteroatoms. The third-order valence-electron chi connectivity index (χ3n) is 3.97. The summed E-state index contributed by atoms with van der Waals surface area (Å²) in [5, 5.41) is 2.83. The molecule has 1 N–H and O–H groups in total. The first-order chi connectivity index (χ1) is 12.6. The van der Waals surface area contributed by atoms with Crippen LogP contribution in [0, 0.1) is 0 Å². The highest BCUT2D eigenvalue weighted by Gasteiger charge is 2.08. The zero-order chi connectivity index (χ0) is 18.9. The molecule has 0 fully saturated rings. The summed E-state index contributed by atoms with van der Waals surface area (Å²) in [6, 6.07) is 12.9. The van der Waals surface area contributed by atoms with Gasteiger partial charge in [0, 0.05) is 42.7 Å². The molecular formula is C20H26N2O4. The van der Waals surface area contributed by atoms with Crippen molar-refractivity contribution in [3.63, 3.8) is 0 Å². The van der Waals surface area contributed by atoms with E-state index in [1.54, 1.807) is 32.4 Å². The minimum Gasteiger partial charge on any atom is -0.496 e. The third-order valence-corrected chi connectivity index (χ3v) is 3.97. The number of nitrogens with one attached hydrogen (secondary N) is 1. The van der Waals surface area contributed by atoms with Gasteiger partial charge in [0.05, 0.1) is 14.2 Å². The second-order valence-corrected chi connectivity index (χ2v) is 5.60. The molecule has 2 rings (SSSR count). The molecule has 1 amide bonds. The third kappa shape index (κ3) is 5.31. The van der Waals surface area contributed by atoms with Crippen molar-refractivity contribution in [3.05, 3.63) is 42.5 Å². The van der Waals surface area contributed by atoms with E-state index in [0.717, 1.165) is 24.5 Å². The molecule has 0 bridgehead atoms.